The Hall–Kier alpha value is -3.43. The van der Waals surface area contributed by atoms with E-state index in [9.17, 15) is 4.79 Å². The summed E-state index contributed by atoms with van der Waals surface area (Å²) in [5.74, 6) is -0.630. The number of esters is 1. The average Bonchev–Trinajstić information content (AvgIpc) is 2.70. The van der Waals surface area contributed by atoms with Crippen LogP contribution in [0.5, 0.6) is 0 Å². The first-order valence-corrected chi connectivity index (χ1v) is 8.14. The van der Waals surface area contributed by atoms with Gasteiger partial charge >= 0.3 is 5.97 Å². The highest BCUT2D eigenvalue weighted by atomic mass is 16.6. The third-order valence-corrected chi connectivity index (χ3v) is 3.35. The van der Waals surface area contributed by atoms with Crippen LogP contribution < -0.4 is 0 Å². The van der Waals surface area contributed by atoms with Crippen molar-refractivity contribution in [2.45, 2.75) is 20.5 Å². The third kappa shape index (κ3) is 6.38. The van der Waals surface area contributed by atoms with E-state index in [-0.39, 0.29) is 12.3 Å². The topological polar surface area (TPSA) is 113 Å². The predicted octanol–water partition coefficient (Wildman–Crippen LogP) is 2.13. The van der Waals surface area contributed by atoms with Crippen LogP contribution >= 0.6 is 0 Å². The highest BCUT2D eigenvalue weighted by Crippen LogP contribution is 2.13. The Morgan fingerprint density at radius 3 is 2.07 bits per heavy atom. The fourth-order valence-corrected chi connectivity index (χ4v) is 2.17. The molecule has 0 aliphatic carbocycles. The van der Waals surface area contributed by atoms with Crippen LogP contribution in [0.4, 0.5) is 0 Å². The molecule has 0 N–H and O–H groups in total. The van der Waals surface area contributed by atoms with Gasteiger partial charge in [0, 0.05) is 11.1 Å². The molecule has 0 aliphatic rings. The maximum Gasteiger partial charge on any atom is 0.360 e. The third-order valence-electron chi connectivity index (χ3n) is 3.35. The van der Waals surface area contributed by atoms with Gasteiger partial charge in [-0.25, -0.2) is 4.79 Å². The number of nitrogens with zero attached hydrogens (tertiary/aromatic N) is 4. The molecule has 0 bridgehead atoms. The van der Waals surface area contributed by atoms with Crippen LogP contribution in [0.15, 0.2) is 44.9 Å². The van der Waals surface area contributed by atoms with E-state index in [0.29, 0.717) is 28.3 Å². The molecule has 0 saturated carbocycles. The fraction of sp³-hybridized carbons (Fsp3) is 0.389. The van der Waals surface area contributed by atoms with Crippen LogP contribution in [0, 0.1) is 0 Å². The molecule has 0 aromatic heterocycles. The van der Waals surface area contributed by atoms with Crippen molar-refractivity contribution >= 4 is 28.8 Å². The molecule has 1 aromatic rings. The fourth-order valence-electron chi connectivity index (χ4n) is 2.17. The van der Waals surface area contributed by atoms with Crippen molar-refractivity contribution in [3.8, 4) is 0 Å². The minimum Gasteiger partial charge on any atom is -0.464 e. The largest absolute Gasteiger partial charge is 0.464 e. The lowest BCUT2D eigenvalue weighted by Crippen LogP contribution is -2.21. The van der Waals surface area contributed by atoms with E-state index in [0.717, 1.165) is 0 Å². The van der Waals surface area contributed by atoms with E-state index in [1.54, 1.807) is 38.1 Å². The molecule has 10 nitrogen and oxygen atoms in total. The van der Waals surface area contributed by atoms with Gasteiger partial charge in [-0.05, 0) is 13.8 Å². The minimum atomic E-state index is -0.630. The quantitative estimate of drug-likeness (QED) is 0.342. The van der Waals surface area contributed by atoms with E-state index >= 15 is 0 Å². The van der Waals surface area contributed by atoms with E-state index in [1.807, 2.05) is 0 Å². The van der Waals surface area contributed by atoms with Gasteiger partial charge in [0.2, 0.25) is 0 Å². The molecule has 0 aliphatic heterocycles. The van der Waals surface area contributed by atoms with Gasteiger partial charge in [0.05, 0.1) is 7.11 Å². The van der Waals surface area contributed by atoms with Gasteiger partial charge in [-0.15, -0.1) is 0 Å². The lowest BCUT2D eigenvalue weighted by molar-refractivity contribution is -0.132. The van der Waals surface area contributed by atoms with Crippen LogP contribution in [-0.2, 0) is 35.5 Å². The van der Waals surface area contributed by atoms with E-state index in [4.69, 9.17) is 24.1 Å². The van der Waals surface area contributed by atoms with Crippen LogP contribution in [0.1, 0.15) is 25.0 Å². The Morgan fingerprint density at radius 2 is 1.46 bits per heavy atom. The number of oxime groups is 4. The standard InChI is InChI=1S/C18H24N4O6/c1-12(19-25-4)16(21-26-5)13(2)20-28-11-14-9-7-8-10-15(14)17(22-27-6)18(23)24-3/h7-10H,11H2,1-6H3. The zero-order valence-electron chi connectivity index (χ0n) is 16.8. The van der Waals surface area contributed by atoms with E-state index < -0.39 is 5.97 Å². The molecule has 0 atom stereocenters. The SMILES string of the molecule is CON=C(C)C(=NOC)C(C)=NOCc1ccccc1C(=NOC)C(=O)OC. The summed E-state index contributed by atoms with van der Waals surface area (Å²) >= 11 is 0. The molecule has 152 valence electrons. The summed E-state index contributed by atoms with van der Waals surface area (Å²) in [5.41, 5.74) is 2.45. The second-order valence-electron chi connectivity index (χ2n) is 5.20. The van der Waals surface area contributed by atoms with Crippen LogP contribution in [0.3, 0.4) is 0 Å². The first kappa shape index (κ1) is 22.6. The van der Waals surface area contributed by atoms with Crippen molar-refractivity contribution in [2.75, 3.05) is 28.4 Å². The summed E-state index contributed by atoms with van der Waals surface area (Å²) in [6.45, 7) is 3.44. The number of carbonyl (C=O) groups is 1. The zero-order chi connectivity index (χ0) is 20.9. The van der Waals surface area contributed by atoms with Crippen molar-refractivity contribution in [3.63, 3.8) is 0 Å². The molecule has 0 amide bonds. The Kier molecular flexibility index (Phi) is 9.73. The number of carbonyl (C=O) groups excluding carboxylic acids is 1. The molecular weight excluding hydrogens is 368 g/mol. The first-order chi connectivity index (χ1) is 13.5. The molecule has 1 aromatic carbocycles. The van der Waals surface area contributed by atoms with Gasteiger partial charge in [-0.2, -0.15) is 0 Å². The number of hydrogen-bond acceptors (Lipinski definition) is 10. The minimum absolute atomic E-state index is 0.0228. The summed E-state index contributed by atoms with van der Waals surface area (Å²) in [5, 5.41) is 15.5. The number of ether oxygens (including phenoxy) is 1. The van der Waals surface area contributed by atoms with Gasteiger partial charge in [0.1, 0.15) is 39.4 Å². The van der Waals surface area contributed by atoms with Crippen molar-refractivity contribution in [1.82, 2.24) is 0 Å². The summed E-state index contributed by atoms with van der Waals surface area (Å²) in [7, 11) is 5.44. The number of methoxy groups -OCH3 is 1. The normalized spacial score (nSPS) is 13.1. The maximum atomic E-state index is 12.0. The Morgan fingerprint density at radius 1 is 0.857 bits per heavy atom. The number of rotatable bonds is 10. The van der Waals surface area contributed by atoms with Gasteiger partial charge in [-0.3, -0.25) is 0 Å². The molecule has 0 saturated heterocycles. The molecule has 0 radical (unpaired) electrons. The zero-order valence-corrected chi connectivity index (χ0v) is 16.8. The van der Waals surface area contributed by atoms with E-state index in [1.165, 1.54) is 28.4 Å². The van der Waals surface area contributed by atoms with E-state index in [2.05, 4.69) is 20.6 Å². The van der Waals surface area contributed by atoms with Crippen LogP contribution in [0.25, 0.3) is 0 Å². The molecule has 0 spiro atoms. The average molecular weight is 392 g/mol. The Bertz CT molecular complexity index is 786. The molecule has 28 heavy (non-hydrogen) atoms. The maximum absolute atomic E-state index is 12.0. The molecule has 0 unspecified atom stereocenters. The highest BCUT2D eigenvalue weighted by Gasteiger charge is 2.19. The van der Waals surface area contributed by atoms with Crippen molar-refractivity contribution in [1.29, 1.82) is 0 Å². The molecule has 0 fully saturated rings. The number of benzene rings is 1. The summed E-state index contributed by atoms with van der Waals surface area (Å²) in [4.78, 5) is 31.7. The van der Waals surface area contributed by atoms with Gasteiger partial charge in [0.25, 0.3) is 0 Å². The lowest BCUT2D eigenvalue weighted by atomic mass is 10.0. The Labute approximate surface area is 163 Å². The first-order valence-electron chi connectivity index (χ1n) is 8.14. The molecule has 10 heteroatoms. The monoisotopic (exact) mass is 392 g/mol. The van der Waals surface area contributed by atoms with Gasteiger partial charge in [-0.1, -0.05) is 44.9 Å². The van der Waals surface area contributed by atoms with Crippen molar-refractivity contribution in [3.05, 3.63) is 35.4 Å². The highest BCUT2D eigenvalue weighted by molar-refractivity contribution is 6.67. The molecule has 0 heterocycles. The second kappa shape index (κ2) is 12.0. The summed E-state index contributed by atoms with van der Waals surface area (Å²) < 4.78 is 4.75. The van der Waals surface area contributed by atoms with Crippen LogP contribution in [0.2, 0.25) is 0 Å². The molecule has 1 rings (SSSR count). The number of hydrogen-bond donors (Lipinski definition) is 0. The van der Waals surface area contributed by atoms with Crippen molar-refractivity contribution in [2.24, 2.45) is 20.6 Å². The predicted molar refractivity (Wildman–Crippen MR) is 104 cm³/mol. The second-order valence-corrected chi connectivity index (χ2v) is 5.20. The van der Waals surface area contributed by atoms with Crippen molar-refractivity contribution < 1.29 is 28.9 Å². The lowest BCUT2D eigenvalue weighted by Gasteiger charge is -2.10. The summed E-state index contributed by atoms with van der Waals surface area (Å²) in [6, 6.07) is 7.04. The van der Waals surface area contributed by atoms with Crippen LogP contribution in [-0.4, -0.2) is 57.3 Å². The van der Waals surface area contributed by atoms with Gasteiger partial charge in [0.15, 0.2) is 11.4 Å². The Balaban J connectivity index is 3.06. The summed E-state index contributed by atoms with van der Waals surface area (Å²) in [6.07, 6.45) is 0. The van der Waals surface area contributed by atoms with Gasteiger partial charge < -0.3 is 24.1 Å². The smallest absolute Gasteiger partial charge is 0.360 e. The molecular formula is C18H24N4O6.